The average Bonchev–Trinajstić information content (AvgIpc) is 2.62. The molecule has 1 aromatic rings. The first kappa shape index (κ1) is 21.8. The Morgan fingerprint density at radius 3 is 2.22 bits per heavy atom. The van der Waals surface area contributed by atoms with Gasteiger partial charge in [0.2, 0.25) is 15.9 Å². The van der Waals surface area contributed by atoms with Crippen LogP contribution in [0.3, 0.4) is 0 Å². The third-order valence-corrected chi connectivity index (χ3v) is 6.60. The van der Waals surface area contributed by atoms with E-state index in [1.165, 1.54) is 4.31 Å². The van der Waals surface area contributed by atoms with Gasteiger partial charge in [0, 0.05) is 39.8 Å². The SMILES string of the molecule is COCCNC(=O)CN1CCN(S(=O)(=O)c2ccc(C(C)(C)C)cc2)CC1. The van der Waals surface area contributed by atoms with Gasteiger partial charge in [-0.25, -0.2) is 8.42 Å². The van der Waals surface area contributed by atoms with Gasteiger partial charge in [0.25, 0.3) is 0 Å². The number of amides is 1. The first-order chi connectivity index (χ1) is 12.6. The maximum Gasteiger partial charge on any atom is 0.243 e. The quantitative estimate of drug-likeness (QED) is 0.696. The van der Waals surface area contributed by atoms with Crippen LogP contribution in [0.15, 0.2) is 29.2 Å². The van der Waals surface area contributed by atoms with Crippen molar-refractivity contribution in [3.05, 3.63) is 29.8 Å². The predicted molar refractivity (Wildman–Crippen MR) is 105 cm³/mol. The fourth-order valence-electron chi connectivity index (χ4n) is 2.96. The number of methoxy groups -OCH3 is 1. The van der Waals surface area contributed by atoms with Gasteiger partial charge in [0.05, 0.1) is 18.0 Å². The van der Waals surface area contributed by atoms with Crippen molar-refractivity contribution in [3.63, 3.8) is 0 Å². The summed E-state index contributed by atoms with van der Waals surface area (Å²) in [7, 11) is -1.92. The van der Waals surface area contributed by atoms with Crippen molar-refractivity contribution in [2.24, 2.45) is 0 Å². The zero-order valence-corrected chi connectivity index (χ0v) is 17.5. The molecule has 27 heavy (non-hydrogen) atoms. The van der Waals surface area contributed by atoms with Gasteiger partial charge in [-0.2, -0.15) is 4.31 Å². The molecule has 0 radical (unpaired) electrons. The van der Waals surface area contributed by atoms with Crippen molar-refractivity contribution in [2.75, 3.05) is 53.0 Å². The summed E-state index contributed by atoms with van der Waals surface area (Å²) in [6.07, 6.45) is 0. The van der Waals surface area contributed by atoms with Crippen molar-refractivity contribution < 1.29 is 17.9 Å². The lowest BCUT2D eigenvalue weighted by Gasteiger charge is -2.33. The van der Waals surface area contributed by atoms with Gasteiger partial charge in [-0.05, 0) is 23.1 Å². The second-order valence-electron chi connectivity index (χ2n) is 7.80. The number of rotatable bonds is 7. The third-order valence-electron chi connectivity index (χ3n) is 4.68. The standard InChI is InChI=1S/C19H31N3O4S/c1-19(2,3)16-5-7-17(8-6-16)27(24,25)22-12-10-21(11-13-22)15-18(23)20-9-14-26-4/h5-8H,9-15H2,1-4H3,(H,20,23). The molecule has 0 aromatic heterocycles. The molecule has 1 aromatic carbocycles. The van der Waals surface area contributed by atoms with Crippen molar-refractivity contribution >= 4 is 15.9 Å². The summed E-state index contributed by atoms with van der Waals surface area (Å²) in [5.74, 6) is -0.0684. The van der Waals surface area contributed by atoms with E-state index in [1.54, 1.807) is 19.2 Å². The largest absolute Gasteiger partial charge is 0.383 e. The van der Waals surface area contributed by atoms with E-state index < -0.39 is 10.0 Å². The fourth-order valence-corrected chi connectivity index (χ4v) is 4.38. The predicted octanol–water partition coefficient (Wildman–Crippen LogP) is 1.05. The molecule has 1 heterocycles. The number of hydrogen-bond acceptors (Lipinski definition) is 5. The van der Waals surface area contributed by atoms with Crippen LogP contribution in [0.25, 0.3) is 0 Å². The second kappa shape index (κ2) is 9.14. The molecule has 0 aliphatic carbocycles. The van der Waals surface area contributed by atoms with Gasteiger partial charge in [0.1, 0.15) is 0 Å². The number of ether oxygens (including phenoxy) is 1. The van der Waals surface area contributed by atoms with Crippen LogP contribution in [0.4, 0.5) is 0 Å². The summed E-state index contributed by atoms with van der Waals surface area (Å²) in [5, 5.41) is 2.78. The summed E-state index contributed by atoms with van der Waals surface area (Å²) in [6.45, 7) is 9.37. The first-order valence-corrected chi connectivity index (χ1v) is 10.7. The molecule has 0 spiro atoms. The van der Waals surface area contributed by atoms with Crippen molar-refractivity contribution in [1.82, 2.24) is 14.5 Å². The molecule has 0 atom stereocenters. The molecule has 7 nitrogen and oxygen atoms in total. The van der Waals surface area contributed by atoms with Gasteiger partial charge in [-0.1, -0.05) is 32.9 Å². The molecular formula is C19H31N3O4S. The number of carbonyl (C=O) groups is 1. The maximum absolute atomic E-state index is 12.9. The topological polar surface area (TPSA) is 79.0 Å². The highest BCUT2D eigenvalue weighted by atomic mass is 32.2. The van der Waals surface area contributed by atoms with Crippen LogP contribution in [-0.4, -0.2) is 76.5 Å². The maximum atomic E-state index is 12.9. The fraction of sp³-hybridized carbons (Fsp3) is 0.632. The van der Waals surface area contributed by atoms with Crippen molar-refractivity contribution in [3.8, 4) is 0 Å². The molecule has 1 fully saturated rings. The Morgan fingerprint density at radius 1 is 1.11 bits per heavy atom. The van der Waals surface area contributed by atoms with Crippen LogP contribution < -0.4 is 5.32 Å². The van der Waals surface area contributed by atoms with Crippen molar-refractivity contribution in [2.45, 2.75) is 31.1 Å². The van der Waals surface area contributed by atoms with Crippen LogP contribution in [0, 0.1) is 0 Å². The first-order valence-electron chi connectivity index (χ1n) is 9.23. The lowest BCUT2D eigenvalue weighted by Crippen LogP contribution is -2.51. The van der Waals surface area contributed by atoms with Crippen molar-refractivity contribution in [1.29, 1.82) is 0 Å². The van der Waals surface area contributed by atoms with Gasteiger partial charge < -0.3 is 10.1 Å². The number of benzene rings is 1. The smallest absolute Gasteiger partial charge is 0.243 e. The molecule has 2 rings (SSSR count). The zero-order valence-electron chi connectivity index (χ0n) is 16.7. The van der Waals surface area contributed by atoms with Gasteiger partial charge in [-0.15, -0.1) is 0 Å². The Morgan fingerprint density at radius 2 is 1.70 bits per heavy atom. The summed E-state index contributed by atoms with van der Waals surface area (Å²) < 4.78 is 32.1. The summed E-state index contributed by atoms with van der Waals surface area (Å²) in [4.78, 5) is 14.1. The Bertz CT molecular complexity index is 718. The monoisotopic (exact) mass is 397 g/mol. The number of nitrogens with zero attached hydrogens (tertiary/aromatic N) is 2. The Hall–Kier alpha value is -1.48. The number of hydrogen-bond donors (Lipinski definition) is 1. The summed E-state index contributed by atoms with van der Waals surface area (Å²) in [5.41, 5.74) is 1.09. The average molecular weight is 398 g/mol. The van der Waals surface area contributed by atoms with E-state index in [-0.39, 0.29) is 17.9 Å². The lowest BCUT2D eigenvalue weighted by atomic mass is 9.87. The highest BCUT2D eigenvalue weighted by Gasteiger charge is 2.29. The normalized spacial score (nSPS) is 17.0. The highest BCUT2D eigenvalue weighted by molar-refractivity contribution is 7.89. The Kier molecular flexibility index (Phi) is 7.39. The van der Waals surface area contributed by atoms with E-state index in [9.17, 15) is 13.2 Å². The molecule has 0 unspecified atom stereocenters. The molecular weight excluding hydrogens is 366 g/mol. The van der Waals surface area contributed by atoms with Crippen LogP contribution in [-0.2, 0) is 25.0 Å². The second-order valence-corrected chi connectivity index (χ2v) is 9.74. The molecule has 1 amide bonds. The molecule has 1 saturated heterocycles. The minimum absolute atomic E-state index is 0.0161. The minimum atomic E-state index is -3.50. The number of sulfonamides is 1. The Labute approximate surface area is 162 Å². The van der Waals surface area contributed by atoms with E-state index in [2.05, 4.69) is 26.1 Å². The van der Waals surface area contributed by atoms with Crippen LogP contribution >= 0.6 is 0 Å². The van der Waals surface area contributed by atoms with E-state index in [0.717, 1.165) is 5.56 Å². The molecule has 0 saturated carbocycles. The minimum Gasteiger partial charge on any atom is -0.383 e. The molecule has 1 aliphatic heterocycles. The molecule has 152 valence electrons. The van der Waals surface area contributed by atoms with Crippen LogP contribution in [0.5, 0.6) is 0 Å². The van der Waals surface area contributed by atoms with E-state index in [4.69, 9.17) is 4.74 Å². The van der Waals surface area contributed by atoms with Gasteiger partial charge in [0.15, 0.2) is 0 Å². The van der Waals surface area contributed by atoms with E-state index in [1.807, 2.05) is 17.0 Å². The van der Waals surface area contributed by atoms with E-state index in [0.29, 0.717) is 44.2 Å². The lowest BCUT2D eigenvalue weighted by molar-refractivity contribution is -0.122. The highest BCUT2D eigenvalue weighted by Crippen LogP contribution is 2.25. The summed E-state index contributed by atoms with van der Waals surface area (Å²) >= 11 is 0. The number of piperazine rings is 1. The molecule has 8 heteroatoms. The van der Waals surface area contributed by atoms with Crippen LogP contribution in [0.1, 0.15) is 26.3 Å². The summed E-state index contributed by atoms with van der Waals surface area (Å²) in [6, 6.07) is 7.14. The Balaban J connectivity index is 1.91. The molecule has 1 N–H and O–H groups in total. The van der Waals surface area contributed by atoms with Crippen LogP contribution in [0.2, 0.25) is 0 Å². The number of carbonyl (C=O) groups excluding carboxylic acids is 1. The number of nitrogens with one attached hydrogen (secondary N) is 1. The van der Waals surface area contributed by atoms with Gasteiger partial charge >= 0.3 is 0 Å². The van der Waals surface area contributed by atoms with E-state index >= 15 is 0 Å². The third kappa shape index (κ3) is 6.00. The van der Waals surface area contributed by atoms with Gasteiger partial charge in [-0.3, -0.25) is 9.69 Å². The molecule has 1 aliphatic rings. The zero-order chi connectivity index (χ0) is 20.1. The molecule has 0 bridgehead atoms.